The minimum atomic E-state index is -1.06. The second kappa shape index (κ2) is 4.18. The van der Waals surface area contributed by atoms with Crippen LogP contribution in [-0.2, 0) is 14.3 Å². The molecule has 4 aliphatic rings. The van der Waals surface area contributed by atoms with E-state index in [4.69, 9.17) is 9.47 Å². The normalized spacial score (nSPS) is 43.0. The Morgan fingerprint density at radius 3 is 2.43 bits per heavy atom. The molecule has 4 rings (SSSR count). The maximum Gasteiger partial charge on any atom is 0.173 e. The van der Waals surface area contributed by atoms with Gasteiger partial charge in [-0.15, -0.1) is 6.58 Å². The fraction of sp³-hybridized carbons (Fsp3) is 0.824. The molecule has 4 fully saturated rings. The molecule has 3 saturated carbocycles. The number of hydrogen-bond acceptors (Lipinski definition) is 4. The number of carbonyl (C=O) groups excluding carboxylic acids is 1. The van der Waals surface area contributed by atoms with Crippen molar-refractivity contribution >= 4 is 5.78 Å². The first kappa shape index (κ1) is 15.2. The smallest absolute Gasteiger partial charge is 0.173 e. The van der Waals surface area contributed by atoms with Crippen molar-refractivity contribution in [2.45, 2.75) is 51.9 Å². The van der Waals surface area contributed by atoms with Crippen molar-refractivity contribution in [2.24, 2.45) is 22.7 Å². The molecule has 4 atom stereocenters. The summed E-state index contributed by atoms with van der Waals surface area (Å²) >= 11 is 0. The highest BCUT2D eigenvalue weighted by atomic mass is 16.7. The first-order valence-electron chi connectivity index (χ1n) is 7.79. The van der Waals surface area contributed by atoms with Gasteiger partial charge in [0.1, 0.15) is 5.78 Å². The van der Waals surface area contributed by atoms with E-state index in [1.807, 2.05) is 20.8 Å². The highest BCUT2D eigenvalue weighted by molar-refractivity contribution is 5.92. The monoisotopic (exact) mass is 294 g/mol. The van der Waals surface area contributed by atoms with Gasteiger partial charge in [-0.3, -0.25) is 4.79 Å². The molecule has 4 nitrogen and oxygen atoms in total. The second-order valence-electron chi connectivity index (χ2n) is 7.92. The zero-order valence-electron chi connectivity index (χ0n) is 13.4. The molecule has 1 heterocycles. The summed E-state index contributed by atoms with van der Waals surface area (Å²) in [5.74, 6) is -0.618. The third-order valence-corrected chi connectivity index (χ3v) is 6.25. The summed E-state index contributed by atoms with van der Waals surface area (Å²) in [4.78, 5) is 13.1. The van der Waals surface area contributed by atoms with E-state index < -0.39 is 22.2 Å². The molecule has 0 aromatic heterocycles. The second-order valence-corrected chi connectivity index (χ2v) is 7.92. The SMILES string of the molecule is C=CC(C)(O)[C@@H]1C[C@H]2C3(C[C@]1(C)C(=O)C2(C)C)OCCO3. The van der Waals surface area contributed by atoms with Crippen LogP contribution in [0, 0.1) is 22.7 Å². The number of Topliss-reactive ketones (excluding diaryl/α,β-unsaturated/α-hetero) is 1. The highest BCUT2D eigenvalue weighted by Gasteiger charge is 2.72. The van der Waals surface area contributed by atoms with Crippen molar-refractivity contribution in [3.8, 4) is 0 Å². The largest absolute Gasteiger partial charge is 0.386 e. The standard InChI is InChI=1S/C17H26O4/c1-6-16(5,19)12-9-11-14(2,3)13(18)15(12,4)10-17(11)20-7-8-21-17/h6,11-12,19H,1,7-10H2,2-5H3/t11-,12-,15+,16?/m1/s1. The average Bonchev–Trinajstić information content (AvgIpc) is 2.84. The van der Waals surface area contributed by atoms with Gasteiger partial charge in [0, 0.05) is 29.1 Å². The van der Waals surface area contributed by atoms with Crippen LogP contribution in [0.1, 0.15) is 40.5 Å². The van der Waals surface area contributed by atoms with Gasteiger partial charge >= 0.3 is 0 Å². The van der Waals surface area contributed by atoms with E-state index in [2.05, 4.69) is 6.58 Å². The van der Waals surface area contributed by atoms with E-state index in [1.54, 1.807) is 13.0 Å². The molecular formula is C17H26O4. The van der Waals surface area contributed by atoms with Crippen molar-refractivity contribution in [1.29, 1.82) is 0 Å². The van der Waals surface area contributed by atoms with E-state index >= 15 is 0 Å². The van der Waals surface area contributed by atoms with Gasteiger partial charge in [0.05, 0.1) is 18.8 Å². The zero-order valence-corrected chi connectivity index (χ0v) is 13.4. The van der Waals surface area contributed by atoms with Crippen LogP contribution < -0.4 is 0 Å². The third-order valence-electron chi connectivity index (χ3n) is 6.25. The number of aliphatic hydroxyl groups is 1. The summed E-state index contributed by atoms with van der Waals surface area (Å²) in [7, 11) is 0. The molecule has 2 bridgehead atoms. The summed E-state index contributed by atoms with van der Waals surface area (Å²) in [6.45, 7) is 12.6. The van der Waals surface area contributed by atoms with Crippen LogP contribution in [0.4, 0.5) is 0 Å². The first-order valence-corrected chi connectivity index (χ1v) is 7.79. The number of hydrogen-bond donors (Lipinski definition) is 1. The molecule has 1 spiro atoms. The fourth-order valence-electron chi connectivity index (χ4n) is 5.21. The molecule has 1 N–H and O–H groups in total. The van der Waals surface area contributed by atoms with Gasteiger partial charge in [0.25, 0.3) is 0 Å². The van der Waals surface area contributed by atoms with Crippen LogP contribution in [-0.4, -0.2) is 35.5 Å². The summed E-state index contributed by atoms with van der Waals surface area (Å²) in [6, 6.07) is 0. The molecule has 0 aromatic carbocycles. The van der Waals surface area contributed by atoms with Crippen LogP contribution in [0.3, 0.4) is 0 Å². The Kier molecular flexibility index (Phi) is 3.02. The first-order chi connectivity index (χ1) is 9.60. The molecule has 21 heavy (non-hydrogen) atoms. The predicted octanol–water partition coefficient (Wildman–Crippen LogP) is 2.31. The van der Waals surface area contributed by atoms with E-state index in [-0.39, 0.29) is 17.6 Å². The van der Waals surface area contributed by atoms with Gasteiger partial charge in [-0.2, -0.15) is 0 Å². The van der Waals surface area contributed by atoms with Gasteiger partial charge < -0.3 is 14.6 Å². The van der Waals surface area contributed by atoms with Crippen molar-refractivity contribution in [1.82, 2.24) is 0 Å². The molecule has 0 radical (unpaired) electrons. The van der Waals surface area contributed by atoms with Crippen LogP contribution in [0.5, 0.6) is 0 Å². The van der Waals surface area contributed by atoms with E-state index in [0.717, 1.165) is 0 Å². The maximum atomic E-state index is 13.1. The minimum Gasteiger partial charge on any atom is -0.386 e. The number of ether oxygens (including phenoxy) is 2. The molecular weight excluding hydrogens is 268 g/mol. The van der Waals surface area contributed by atoms with E-state index in [1.165, 1.54) is 0 Å². The lowest BCUT2D eigenvalue weighted by Gasteiger charge is -2.64. The Balaban J connectivity index is 2.10. The topological polar surface area (TPSA) is 55.8 Å². The van der Waals surface area contributed by atoms with Crippen LogP contribution in [0.15, 0.2) is 12.7 Å². The summed E-state index contributed by atoms with van der Waals surface area (Å²) in [6.07, 6.45) is 2.81. The Morgan fingerprint density at radius 2 is 1.90 bits per heavy atom. The summed E-state index contributed by atoms with van der Waals surface area (Å²) in [5.41, 5.74) is -2.20. The quantitative estimate of drug-likeness (QED) is 0.794. The van der Waals surface area contributed by atoms with Crippen molar-refractivity contribution in [3.05, 3.63) is 12.7 Å². The lowest BCUT2D eigenvalue weighted by Crippen LogP contribution is -2.70. The molecule has 0 aromatic rings. The molecule has 4 heteroatoms. The number of carbonyl (C=O) groups is 1. The summed E-state index contributed by atoms with van der Waals surface area (Å²) in [5, 5.41) is 10.7. The van der Waals surface area contributed by atoms with Gasteiger partial charge in [-0.1, -0.05) is 26.8 Å². The van der Waals surface area contributed by atoms with Gasteiger partial charge in [-0.05, 0) is 13.3 Å². The third kappa shape index (κ3) is 1.76. The van der Waals surface area contributed by atoms with E-state index in [0.29, 0.717) is 26.1 Å². The zero-order chi connectivity index (χ0) is 15.7. The Labute approximate surface area is 126 Å². The van der Waals surface area contributed by atoms with Crippen molar-refractivity contribution in [2.75, 3.05) is 13.2 Å². The lowest BCUT2D eigenvalue weighted by molar-refractivity contribution is -0.293. The van der Waals surface area contributed by atoms with Crippen molar-refractivity contribution < 1.29 is 19.4 Å². The number of ketones is 1. The number of fused-ring (bicyclic) bond motifs is 2. The molecule has 1 saturated heterocycles. The van der Waals surface area contributed by atoms with Crippen LogP contribution in [0.2, 0.25) is 0 Å². The van der Waals surface area contributed by atoms with Gasteiger partial charge in [-0.25, -0.2) is 0 Å². The average molecular weight is 294 g/mol. The Morgan fingerprint density at radius 1 is 1.33 bits per heavy atom. The fourth-order valence-corrected chi connectivity index (χ4v) is 5.21. The Hall–Kier alpha value is -0.710. The predicted molar refractivity (Wildman–Crippen MR) is 78.6 cm³/mol. The molecule has 0 amide bonds. The minimum absolute atomic E-state index is 0.0294. The van der Waals surface area contributed by atoms with Gasteiger partial charge in [0.15, 0.2) is 5.79 Å². The number of rotatable bonds is 2. The van der Waals surface area contributed by atoms with Crippen LogP contribution >= 0.6 is 0 Å². The van der Waals surface area contributed by atoms with Gasteiger partial charge in [0.2, 0.25) is 0 Å². The maximum absolute atomic E-state index is 13.1. The lowest BCUT2D eigenvalue weighted by atomic mass is 9.42. The van der Waals surface area contributed by atoms with Crippen LogP contribution in [0.25, 0.3) is 0 Å². The Bertz CT molecular complexity index is 487. The highest BCUT2D eigenvalue weighted by Crippen LogP contribution is 2.66. The molecule has 118 valence electrons. The summed E-state index contributed by atoms with van der Waals surface area (Å²) < 4.78 is 12.0. The van der Waals surface area contributed by atoms with Crippen molar-refractivity contribution in [3.63, 3.8) is 0 Å². The molecule has 1 aliphatic heterocycles. The molecule has 1 unspecified atom stereocenters. The molecule has 3 aliphatic carbocycles. The van der Waals surface area contributed by atoms with E-state index in [9.17, 15) is 9.90 Å².